The summed E-state index contributed by atoms with van der Waals surface area (Å²) in [7, 11) is 0. The minimum Gasteiger partial charge on any atom is -0.316 e. The quantitative estimate of drug-likeness (QED) is 0.672. The predicted molar refractivity (Wildman–Crippen MR) is 55.8 cm³/mol. The molecular formula is C11H19N3. The van der Waals surface area contributed by atoms with E-state index < -0.39 is 0 Å². The Labute approximate surface area is 86.1 Å². The van der Waals surface area contributed by atoms with Gasteiger partial charge in [-0.25, -0.2) is 0 Å². The van der Waals surface area contributed by atoms with Crippen LogP contribution in [0.25, 0.3) is 0 Å². The Balaban J connectivity index is 1.62. The van der Waals surface area contributed by atoms with Gasteiger partial charge < -0.3 is 10.2 Å². The van der Waals surface area contributed by atoms with E-state index in [4.69, 9.17) is 5.26 Å². The zero-order valence-electron chi connectivity index (χ0n) is 8.71. The second-order valence-corrected chi connectivity index (χ2v) is 4.55. The fraction of sp³-hybridized carbons (Fsp3) is 0.909. The van der Waals surface area contributed by atoms with Crippen LogP contribution in [0.1, 0.15) is 19.3 Å². The van der Waals surface area contributed by atoms with Gasteiger partial charge in [0.25, 0.3) is 0 Å². The molecular weight excluding hydrogens is 174 g/mol. The SMILES string of the molecule is N#CCCCCN1C[C@H]2CNC[C@H]2C1. The van der Waals surface area contributed by atoms with Crippen LogP contribution in [-0.2, 0) is 0 Å². The van der Waals surface area contributed by atoms with Crippen molar-refractivity contribution < 1.29 is 0 Å². The average Bonchev–Trinajstić information content (AvgIpc) is 2.72. The minimum absolute atomic E-state index is 0.724. The highest BCUT2D eigenvalue weighted by atomic mass is 15.2. The first-order chi connectivity index (χ1) is 6.90. The van der Waals surface area contributed by atoms with Gasteiger partial charge in [-0.1, -0.05) is 0 Å². The van der Waals surface area contributed by atoms with E-state index in [0.29, 0.717) is 0 Å². The highest BCUT2D eigenvalue weighted by Gasteiger charge is 2.35. The van der Waals surface area contributed by atoms with Gasteiger partial charge in [0.1, 0.15) is 0 Å². The second kappa shape index (κ2) is 4.77. The molecule has 2 fully saturated rings. The molecule has 0 spiro atoms. The van der Waals surface area contributed by atoms with Crippen molar-refractivity contribution in [3.63, 3.8) is 0 Å². The number of nitriles is 1. The van der Waals surface area contributed by atoms with E-state index in [1.54, 1.807) is 0 Å². The van der Waals surface area contributed by atoms with E-state index in [2.05, 4.69) is 16.3 Å². The summed E-state index contributed by atoms with van der Waals surface area (Å²) in [5.41, 5.74) is 0. The van der Waals surface area contributed by atoms with Crippen LogP contribution in [0.4, 0.5) is 0 Å². The summed E-state index contributed by atoms with van der Waals surface area (Å²) in [5, 5.41) is 11.9. The molecule has 2 atom stereocenters. The molecule has 0 saturated carbocycles. The van der Waals surface area contributed by atoms with Gasteiger partial charge in [-0.3, -0.25) is 0 Å². The standard InChI is InChI=1S/C11H19N3/c12-4-2-1-3-5-14-8-10-6-13-7-11(10)9-14/h10-11,13H,1-3,5-9H2/t10-,11+. The normalized spacial score (nSPS) is 31.6. The maximum atomic E-state index is 8.42. The fourth-order valence-corrected chi connectivity index (χ4v) is 2.67. The van der Waals surface area contributed by atoms with Crippen molar-refractivity contribution in [3.05, 3.63) is 0 Å². The maximum absolute atomic E-state index is 8.42. The van der Waals surface area contributed by atoms with Crippen molar-refractivity contribution in [2.24, 2.45) is 11.8 Å². The van der Waals surface area contributed by atoms with E-state index >= 15 is 0 Å². The lowest BCUT2D eigenvalue weighted by atomic mass is 10.0. The fourth-order valence-electron chi connectivity index (χ4n) is 2.67. The summed E-state index contributed by atoms with van der Waals surface area (Å²) in [4.78, 5) is 2.58. The van der Waals surface area contributed by atoms with Crippen LogP contribution < -0.4 is 5.32 Å². The van der Waals surface area contributed by atoms with E-state index in [0.717, 1.165) is 24.7 Å². The predicted octanol–water partition coefficient (Wildman–Crippen LogP) is 0.831. The average molecular weight is 193 g/mol. The monoisotopic (exact) mass is 193 g/mol. The lowest BCUT2D eigenvalue weighted by molar-refractivity contribution is 0.306. The molecule has 2 heterocycles. The first-order valence-electron chi connectivity index (χ1n) is 5.70. The zero-order chi connectivity index (χ0) is 9.80. The Morgan fingerprint density at radius 2 is 1.93 bits per heavy atom. The number of hydrogen-bond donors (Lipinski definition) is 1. The van der Waals surface area contributed by atoms with Crippen LogP contribution in [0.3, 0.4) is 0 Å². The van der Waals surface area contributed by atoms with Crippen LogP contribution in [0.5, 0.6) is 0 Å². The van der Waals surface area contributed by atoms with Crippen LogP contribution in [-0.4, -0.2) is 37.6 Å². The smallest absolute Gasteiger partial charge is 0.0621 e. The number of nitrogens with zero attached hydrogens (tertiary/aromatic N) is 2. The maximum Gasteiger partial charge on any atom is 0.0621 e. The molecule has 0 radical (unpaired) electrons. The number of unbranched alkanes of at least 4 members (excludes halogenated alkanes) is 2. The first kappa shape index (κ1) is 9.95. The van der Waals surface area contributed by atoms with Crippen molar-refractivity contribution >= 4 is 0 Å². The summed E-state index contributed by atoms with van der Waals surface area (Å²) in [6, 6.07) is 2.20. The van der Waals surface area contributed by atoms with E-state index in [1.165, 1.54) is 39.1 Å². The third kappa shape index (κ3) is 2.26. The largest absolute Gasteiger partial charge is 0.316 e. The molecule has 2 aliphatic rings. The molecule has 0 aromatic carbocycles. The van der Waals surface area contributed by atoms with Crippen LogP contribution in [0.2, 0.25) is 0 Å². The lowest BCUT2D eigenvalue weighted by Crippen LogP contribution is -2.26. The third-order valence-electron chi connectivity index (χ3n) is 3.48. The lowest BCUT2D eigenvalue weighted by Gasteiger charge is -2.15. The molecule has 3 heteroatoms. The van der Waals surface area contributed by atoms with Gasteiger partial charge in [0.2, 0.25) is 0 Å². The Hall–Kier alpha value is -0.590. The van der Waals surface area contributed by atoms with Gasteiger partial charge in [-0.05, 0) is 44.3 Å². The van der Waals surface area contributed by atoms with Crippen LogP contribution >= 0.6 is 0 Å². The summed E-state index contributed by atoms with van der Waals surface area (Å²) in [5.74, 6) is 1.82. The molecule has 1 N–H and O–H groups in total. The van der Waals surface area contributed by atoms with Crippen molar-refractivity contribution in [3.8, 4) is 6.07 Å². The number of rotatable bonds is 4. The summed E-state index contributed by atoms with van der Waals surface area (Å²) in [6.45, 7) is 6.21. The van der Waals surface area contributed by atoms with Crippen molar-refractivity contribution in [1.82, 2.24) is 10.2 Å². The van der Waals surface area contributed by atoms with Gasteiger partial charge >= 0.3 is 0 Å². The van der Waals surface area contributed by atoms with Crippen molar-refractivity contribution in [2.75, 3.05) is 32.7 Å². The number of likely N-dealkylation sites (tertiary alicyclic amines) is 1. The molecule has 0 unspecified atom stereocenters. The Kier molecular flexibility index (Phi) is 3.39. The molecule has 78 valence electrons. The molecule has 14 heavy (non-hydrogen) atoms. The van der Waals surface area contributed by atoms with E-state index in [-0.39, 0.29) is 0 Å². The zero-order valence-corrected chi connectivity index (χ0v) is 8.71. The summed E-state index contributed by atoms with van der Waals surface area (Å²) >= 11 is 0. The molecule has 3 nitrogen and oxygen atoms in total. The van der Waals surface area contributed by atoms with Crippen molar-refractivity contribution in [1.29, 1.82) is 5.26 Å². The molecule has 2 aliphatic heterocycles. The summed E-state index contributed by atoms with van der Waals surface area (Å²) in [6.07, 6.45) is 2.99. The van der Waals surface area contributed by atoms with Crippen LogP contribution in [0, 0.1) is 23.2 Å². The van der Waals surface area contributed by atoms with E-state index in [9.17, 15) is 0 Å². The number of hydrogen-bond acceptors (Lipinski definition) is 3. The van der Waals surface area contributed by atoms with Gasteiger partial charge in [0.15, 0.2) is 0 Å². The molecule has 2 rings (SSSR count). The van der Waals surface area contributed by atoms with Gasteiger partial charge in [0.05, 0.1) is 6.07 Å². The number of fused-ring (bicyclic) bond motifs is 1. The topological polar surface area (TPSA) is 39.1 Å². The Morgan fingerprint density at radius 1 is 1.21 bits per heavy atom. The second-order valence-electron chi connectivity index (χ2n) is 4.55. The van der Waals surface area contributed by atoms with E-state index in [1.807, 2.05) is 0 Å². The van der Waals surface area contributed by atoms with Gasteiger partial charge in [-0.2, -0.15) is 5.26 Å². The number of nitrogens with one attached hydrogen (secondary N) is 1. The molecule has 0 aliphatic carbocycles. The highest BCUT2D eigenvalue weighted by Crippen LogP contribution is 2.26. The van der Waals surface area contributed by atoms with Gasteiger partial charge in [0, 0.05) is 19.5 Å². The van der Waals surface area contributed by atoms with Crippen molar-refractivity contribution in [2.45, 2.75) is 19.3 Å². The molecule has 0 aromatic heterocycles. The highest BCUT2D eigenvalue weighted by molar-refractivity contribution is 4.90. The molecule has 0 bridgehead atoms. The van der Waals surface area contributed by atoms with Crippen LogP contribution in [0.15, 0.2) is 0 Å². The summed E-state index contributed by atoms with van der Waals surface area (Å²) < 4.78 is 0. The van der Waals surface area contributed by atoms with Gasteiger partial charge in [-0.15, -0.1) is 0 Å². The third-order valence-corrected chi connectivity index (χ3v) is 3.48. The first-order valence-corrected chi connectivity index (χ1v) is 5.70. The molecule has 2 saturated heterocycles. The molecule has 0 amide bonds. The minimum atomic E-state index is 0.724. The Morgan fingerprint density at radius 3 is 2.57 bits per heavy atom. The molecule has 0 aromatic rings. The Bertz CT molecular complexity index is 209.